The Morgan fingerprint density at radius 1 is 1.56 bits per heavy atom. The normalized spacial score (nSPS) is 10.8. The summed E-state index contributed by atoms with van der Waals surface area (Å²) in [6.07, 6.45) is -0.0263. The van der Waals surface area contributed by atoms with Gasteiger partial charge in [-0.2, -0.15) is 0 Å². The molecule has 18 heavy (non-hydrogen) atoms. The van der Waals surface area contributed by atoms with Crippen molar-refractivity contribution in [3.05, 3.63) is 23.8 Å². The SMILES string of the molecule is O=C(O)c1cncnc1CNCCOCC(F)F. The number of nitrogens with zero attached hydrogens (tertiary/aromatic N) is 2. The van der Waals surface area contributed by atoms with Crippen LogP contribution in [0, 0.1) is 0 Å². The molecule has 0 unspecified atom stereocenters. The second kappa shape index (κ2) is 7.62. The number of carboxylic acids is 1. The summed E-state index contributed by atoms with van der Waals surface area (Å²) < 4.78 is 28.1. The topological polar surface area (TPSA) is 84.3 Å². The molecular formula is C10H13F2N3O3. The summed E-state index contributed by atoms with van der Waals surface area (Å²) in [5.74, 6) is -1.11. The Labute approximate surface area is 102 Å². The van der Waals surface area contributed by atoms with Gasteiger partial charge in [-0.1, -0.05) is 0 Å². The molecule has 0 spiro atoms. The van der Waals surface area contributed by atoms with Crippen LogP contribution in [0.5, 0.6) is 0 Å². The van der Waals surface area contributed by atoms with Gasteiger partial charge in [-0.25, -0.2) is 23.5 Å². The standard InChI is InChI=1S/C10H13F2N3O3/c11-9(12)5-18-2-1-13-4-8-7(10(16)17)3-14-6-15-8/h3,6,9,13H,1-2,4-5H2,(H,16,17). The lowest BCUT2D eigenvalue weighted by Gasteiger charge is -2.07. The highest BCUT2D eigenvalue weighted by molar-refractivity contribution is 5.88. The highest BCUT2D eigenvalue weighted by Crippen LogP contribution is 2.02. The molecule has 0 aromatic carbocycles. The summed E-state index contributed by atoms with van der Waals surface area (Å²) in [4.78, 5) is 18.3. The molecule has 8 heteroatoms. The summed E-state index contributed by atoms with van der Waals surface area (Å²) in [6, 6.07) is 0. The number of nitrogens with one attached hydrogen (secondary N) is 1. The fourth-order valence-electron chi connectivity index (χ4n) is 1.20. The van der Waals surface area contributed by atoms with Crippen LogP contribution >= 0.6 is 0 Å². The van der Waals surface area contributed by atoms with Gasteiger partial charge in [0.1, 0.15) is 18.5 Å². The van der Waals surface area contributed by atoms with Crippen molar-refractivity contribution < 1.29 is 23.4 Å². The van der Waals surface area contributed by atoms with Crippen molar-refractivity contribution in [2.75, 3.05) is 19.8 Å². The third kappa shape index (κ3) is 5.11. The summed E-state index contributed by atoms with van der Waals surface area (Å²) in [7, 11) is 0. The van der Waals surface area contributed by atoms with Gasteiger partial charge in [-0.3, -0.25) is 0 Å². The number of hydrogen-bond donors (Lipinski definition) is 2. The van der Waals surface area contributed by atoms with Crippen LogP contribution in [0.3, 0.4) is 0 Å². The molecule has 1 aromatic rings. The van der Waals surface area contributed by atoms with Crippen LogP contribution in [-0.2, 0) is 11.3 Å². The third-order valence-electron chi connectivity index (χ3n) is 1.98. The maximum Gasteiger partial charge on any atom is 0.339 e. The number of hydrogen-bond acceptors (Lipinski definition) is 5. The molecule has 100 valence electrons. The largest absolute Gasteiger partial charge is 0.478 e. The minimum atomic E-state index is -2.48. The van der Waals surface area contributed by atoms with E-state index in [1.165, 1.54) is 12.5 Å². The number of carboxylic acid groups (broad SMARTS) is 1. The van der Waals surface area contributed by atoms with Crippen LogP contribution in [0.4, 0.5) is 8.78 Å². The molecule has 0 aliphatic heterocycles. The predicted molar refractivity (Wildman–Crippen MR) is 57.5 cm³/mol. The van der Waals surface area contributed by atoms with Gasteiger partial charge < -0.3 is 15.2 Å². The van der Waals surface area contributed by atoms with E-state index in [0.29, 0.717) is 12.2 Å². The Morgan fingerprint density at radius 3 is 3.00 bits per heavy atom. The zero-order chi connectivity index (χ0) is 13.4. The molecule has 0 aliphatic rings. The van der Waals surface area contributed by atoms with Crippen LogP contribution in [0.25, 0.3) is 0 Å². The van der Waals surface area contributed by atoms with Crippen molar-refractivity contribution >= 4 is 5.97 Å². The fraction of sp³-hybridized carbons (Fsp3) is 0.500. The monoisotopic (exact) mass is 261 g/mol. The Kier molecular flexibility index (Phi) is 6.09. The maximum absolute atomic E-state index is 11.7. The second-order valence-corrected chi connectivity index (χ2v) is 3.33. The average Bonchev–Trinajstić information content (AvgIpc) is 2.33. The average molecular weight is 261 g/mol. The molecule has 0 fully saturated rings. The molecule has 1 aromatic heterocycles. The van der Waals surface area contributed by atoms with Gasteiger partial charge in [-0.05, 0) is 0 Å². The van der Waals surface area contributed by atoms with E-state index in [4.69, 9.17) is 5.11 Å². The molecule has 0 radical (unpaired) electrons. The number of aromatic nitrogens is 2. The lowest BCUT2D eigenvalue weighted by molar-refractivity contribution is 0.0187. The van der Waals surface area contributed by atoms with Crippen LogP contribution < -0.4 is 5.32 Å². The van der Waals surface area contributed by atoms with E-state index in [0.717, 1.165) is 0 Å². The van der Waals surface area contributed by atoms with E-state index in [1.807, 2.05) is 0 Å². The first-order chi connectivity index (χ1) is 8.61. The zero-order valence-corrected chi connectivity index (χ0v) is 9.47. The summed E-state index contributed by atoms with van der Waals surface area (Å²) >= 11 is 0. The molecule has 0 saturated carbocycles. The van der Waals surface area contributed by atoms with Crippen molar-refractivity contribution in [2.45, 2.75) is 13.0 Å². The van der Waals surface area contributed by atoms with Gasteiger partial charge in [0.15, 0.2) is 0 Å². The van der Waals surface area contributed by atoms with Crippen molar-refractivity contribution in [1.29, 1.82) is 0 Å². The molecule has 6 nitrogen and oxygen atoms in total. The van der Waals surface area contributed by atoms with Crippen LogP contribution in [0.2, 0.25) is 0 Å². The van der Waals surface area contributed by atoms with Crippen molar-refractivity contribution in [3.8, 4) is 0 Å². The van der Waals surface area contributed by atoms with Crippen LogP contribution in [0.15, 0.2) is 12.5 Å². The van der Waals surface area contributed by atoms with Gasteiger partial charge in [0.2, 0.25) is 0 Å². The Bertz CT molecular complexity index is 390. The summed E-state index contributed by atoms with van der Waals surface area (Å²) in [5.41, 5.74) is 0.352. The van der Waals surface area contributed by atoms with Gasteiger partial charge in [0.25, 0.3) is 6.43 Å². The lowest BCUT2D eigenvalue weighted by atomic mass is 10.2. The van der Waals surface area contributed by atoms with Crippen molar-refractivity contribution in [3.63, 3.8) is 0 Å². The molecule has 0 aliphatic carbocycles. The quantitative estimate of drug-likeness (QED) is 0.665. The fourth-order valence-corrected chi connectivity index (χ4v) is 1.20. The van der Waals surface area contributed by atoms with E-state index < -0.39 is 19.0 Å². The van der Waals surface area contributed by atoms with E-state index in [2.05, 4.69) is 20.0 Å². The number of halogens is 2. The Morgan fingerprint density at radius 2 is 2.33 bits per heavy atom. The first-order valence-electron chi connectivity index (χ1n) is 5.20. The third-order valence-corrected chi connectivity index (χ3v) is 1.98. The number of alkyl halides is 2. The van der Waals surface area contributed by atoms with E-state index in [9.17, 15) is 13.6 Å². The maximum atomic E-state index is 11.7. The number of aromatic carboxylic acids is 1. The van der Waals surface area contributed by atoms with Crippen molar-refractivity contribution in [2.24, 2.45) is 0 Å². The van der Waals surface area contributed by atoms with Crippen LogP contribution in [0.1, 0.15) is 16.1 Å². The van der Waals surface area contributed by atoms with Crippen molar-refractivity contribution in [1.82, 2.24) is 15.3 Å². The molecular weight excluding hydrogens is 248 g/mol. The first kappa shape index (κ1) is 14.4. The second-order valence-electron chi connectivity index (χ2n) is 3.33. The summed E-state index contributed by atoms with van der Waals surface area (Å²) in [5, 5.41) is 11.7. The Hall–Kier alpha value is -1.67. The first-order valence-corrected chi connectivity index (χ1v) is 5.20. The van der Waals surface area contributed by atoms with Gasteiger partial charge in [0.05, 0.1) is 12.3 Å². The molecule has 1 heterocycles. The van der Waals surface area contributed by atoms with E-state index >= 15 is 0 Å². The van der Waals surface area contributed by atoms with Gasteiger partial charge >= 0.3 is 5.97 Å². The minimum absolute atomic E-state index is 0.0125. The number of ether oxygens (including phenoxy) is 1. The lowest BCUT2D eigenvalue weighted by Crippen LogP contribution is -2.22. The molecule has 0 bridgehead atoms. The number of rotatable bonds is 8. The minimum Gasteiger partial charge on any atom is -0.478 e. The Balaban J connectivity index is 2.29. The molecule has 0 saturated heterocycles. The van der Waals surface area contributed by atoms with Crippen LogP contribution in [-0.4, -0.2) is 47.2 Å². The molecule has 2 N–H and O–H groups in total. The molecule has 1 rings (SSSR count). The number of carbonyl (C=O) groups is 1. The molecule has 0 atom stereocenters. The highest BCUT2D eigenvalue weighted by atomic mass is 19.3. The predicted octanol–water partition coefficient (Wildman–Crippen LogP) is 0.546. The van der Waals surface area contributed by atoms with Gasteiger partial charge in [-0.15, -0.1) is 0 Å². The summed E-state index contributed by atoms with van der Waals surface area (Å²) in [6.45, 7) is 0.0609. The van der Waals surface area contributed by atoms with E-state index in [1.54, 1.807) is 0 Å². The highest BCUT2D eigenvalue weighted by Gasteiger charge is 2.10. The smallest absolute Gasteiger partial charge is 0.339 e. The zero-order valence-electron chi connectivity index (χ0n) is 9.47. The molecule has 0 amide bonds. The van der Waals surface area contributed by atoms with Gasteiger partial charge in [0, 0.05) is 19.3 Å². The van der Waals surface area contributed by atoms with E-state index in [-0.39, 0.29) is 18.7 Å².